The molecule has 0 radical (unpaired) electrons. The molecule has 0 amide bonds. The van der Waals surface area contributed by atoms with Gasteiger partial charge in [-0.2, -0.15) is 0 Å². The van der Waals surface area contributed by atoms with Crippen LogP contribution >= 0.6 is 11.6 Å². The van der Waals surface area contributed by atoms with Gasteiger partial charge in [0.2, 0.25) is 0 Å². The maximum atomic E-state index is 13.8. The molecule has 4 heteroatoms. The molecule has 1 atom stereocenters. The Balaban J connectivity index is 2.42. The second kappa shape index (κ2) is 5.05. The molecule has 1 saturated carbocycles. The van der Waals surface area contributed by atoms with Crippen LogP contribution in [0.2, 0.25) is 5.02 Å². The van der Waals surface area contributed by atoms with E-state index in [0.717, 1.165) is 25.7 Å². The number of aliphatic carboxylic acids is 1. The average Bonchev–Trinajstić information content (AvgIpc) is 2.76. The fourth-order valence-corrected chi connectivity index (χ4v) is 2.94. The zero-order valence-corrected chi connectivity index (χ0v) is 10.1. The molecule has 1 fully saturated rings. The summed E-state index contributed by atoms with van der Waals surface area (Å²) in [4.78, 5) is 11.4. The van der Waals surface area contributed by atoms with Crippen LogP contribution in [0.5, 0.6) is 0 Å². The number of rotatable bonds is 3. The molecule has 2 rings (SSSR count). The van der Waals surface area contributed by atoms with Crippen molar-refractivity contribution in [2.24, 2.45) is 5.92 Å². The quantitative estimate of drug-likeness (QED) is 0.892. The van der Waals surface area contributed by atoms with Crippen LogP contribution in [-0.2, 0) is 4.79 Å². The van der Waals surface area contributed by atoms with Gasteiger partial charge in [-0.25, -0.2) is 4.39 Å². The van der Waals surface area contributed by atoms with E-state index >= 15 is 0 Å². The van der Waals surface area contributed by atoms with Crippen molar-refractivity contribution >= 4 is 17.6 Å². The van der Waals surface area contributed by atoms with Gasteiger partial charge >= 0.3 is 5.97 Å². The molecular formula is C13H14ClFO2. The van der Waals surface area contributed by atoms with Crippen LogP contribution in [0.4, 0.5) is 4.39 Å². The first-order chi connectivity index (χ1) is 8.11. The SMILES string of the molecule is O=C(O)C(c1c(F)cccc1Cl)C1CCCC1. The molecule has 0 aromatic heterocycles. The van der Waals surface area contributed by atoms with E-state index < -0.39 is 17.7 Å². The van der Waals surface area contributed by atoms with Gasteiger partial charge in [0, 0.05) is 10.6 Å². The molecule has 2 nitrogen and oxygen atoms in total. The number of carboxylic acid groups (broad SMARTS) is 1. The molecule has 1 N–H and O–H groups in total. The highest BCUT2D eigenvalue weighted by molar-refractivity contribution is 6.31. The number of hydrogen-bond acceptors (Lipinski definition) is 1. The number of hydrogen-bond donors (Lipinski definition) is 1. The first-order valence-corrected chi connectivity index (χ1v) is 6.15. The Labute approximate surface area is 104 Å². The molecule has 92 valence electrons. The summed E-state index contributed by atoms with van der Waals surface area (Å²) in [6.45, 7) is 0. The molecule has 1 unspecified atom stereocenters. The Hall–Kier alpha value is -1.09. The smallest absolute Gasteiger partial charge is 0.311 e. The van der Waals surface area contributed by atoms with Crippen LogP contribution in [0, 0.1) is 11.7 Å². The lowest BCUT2D eigenvalue weighted by Crippen LogP contribution is -2.21. The zero-order valence-electron chi connectivity index (χ0n) is 9.33. The highest BCUT2D eigenvalue weighted by Crippen LogP contribution is 2.40. The number of carboxylic acids is 1. The van der Waals surface area contributed by atoms with Crippen molar-refractivity contribution in [3.63, 3.8) is 0 Å². The number of carbonyl (C=O) groups is 1. The molecule has 1 aliphatic rings. The first kappa shape index (κ1) is 12.4. The summed E-state index contributed by atoms with van der Waals surface area (Å²) in [7, 11) is 0. The van der Waals surface area contributed by atoms with Gasteiger partial charge in [0.15, 0.2) is 0 Å². The van der Waals surface area contributed by atoms with Crippen LogP contribution in [0.25, 0.3) is 0 Å². The summed E-state index contributed by atoms with van der Waals surface area (Å²) in [6.07, 6.45) is 3.70. The van der Waals surface area contributed by atoms with E-state index in [9.17, 15) is 14.3 Å². The predicted octanol–water partition coefficient (Wildman–Crippen LogP) is 3.84. The van der Waals surface area contributed by atoms with Gasteiger partial charge < -0.3 is 5.11 Å². The fourth-order valence-electron chi connectivity index (χ4n) is 2.66. The Morgan fingerprint density at radius 1 is 1.41 bits per heavy atom. The third-order valence-corrected chi connectivity index (χ3v) is 3.78. The van der Waals surface area contributed by atoms with Gasteiger partial charge in [-0.1, -0.05) is 30.5 Å². The monoisotopic (exact) mass is 256 g/mol. The normalized spacial score (nSPS) is 18.2. The standard InChI is InChI=1S/C13H14ClFO2/c14-9-6-3-7-10(15)12(9)11(13(16)17)8-4-1-2-5-8/h3,6-8,11H,1-2,4-5H2,(H,16,17). The minimum atomic E-state index is -0.982. The van der Waals surface area contributed by atoms with Gasteiger partial charge in [0.25, 0.3) is 0 Å². The molecule has 0 spiro atoms. The van der Waals surface area contributed by atoms with E-state index in [1.54, 1.807) is 6.07 Å². The van der Waals surface area contributed by atoms with Crippen LogP contribution in [0.3, 0.4) is 0 Å². The molecule has 17 heavy (non-hydrogen) atoms. The van der Waals surface area contributed by atoms with Gasteiger partial charge in [-0.3, -0.25) is 4.79 Å². The van der Waals surface area contributed by atoms with E-state index in [1.807, 2.05) is 0 Å². The van der Waals surface area contributed by atoms with Gasteiger partial charge in [-0.15, -0.1) is 0 Å². The number of benzene rings is 1. The number of halogens is 2. The van der Waals surface area contributed by atoms with Crippen LogP contribution in [-0.4, -0.2) is 11.1 Å². The van der Waals surface area contributed by atoms with Crippen molar-refractivity contribution < 1.29 is 14.3 Å². The lowest BCUT2D eigenvalue weighted by Gasteiger charge is -2.21. The van der Waals surface area contributed by atoms with Gasteiger partial charge in [0.1, 0.15) is 5.82 Å². The van der Waals surface area contributed by atoms with Crippen LogP contribution in [0.15, 0.2) is 18.2 Å². The molecule has 0 heterocycles. The lowest BCUT2D eigenvalue weighted by molar-refractivity contribution is -0.140. The molecular weight excluding hydrogens is 243 g/mol. The Bertz CT molecular complexity index is 407. The highest BCUT2D eigenvalue weighted by Gasteiger charge is 2.35. The van der Waals surface area contributed by atoms with Crippen molar-refractivity contribution in [3.05, 3.63) is 34.6 Å². The molecule has 1 aromatic rings. The maximum Gasteiger partial charge on any atom is 0.311 e. The molecule has 0 bridgehead atoms. The van der Waals surface area contributed by atoms with Crippen molar-refractivity contribution in [1.82, 2.24) is 0 Å². The summed E-state index contributed by atoms with van der Waals surface area (Å²) < 4.78 is 13.8. The molecule has 0 saturated heterocycles. The van der Waals surface area contributed by atoms with E-state index in [2.05, 4.69) is 0 Å². The largest absolute Gasteiger partial charge is 0.481 e. The van der Waals surface area contributed by atoms with Crippen molar-refractivity contribution in [3.8, 4) is 0 Å². The second-order valence-corrected chi connectivity index (χ2v) is 4.90. The Morgan fingerprint density at radius 2 is 2.06 bits per heavy atom. The predicted molar refractivity (Wildman–Crippen MR) is 63.7 cm³/mol. The minimum Gasteiger partial charge on any atom is -0.481 e. The third kappa shape index (κ3) is 2.44. The minimum absolute atomic E-state index is 0.00176. The fraction of sp³-hybridized carbons (Fsp3) is 0.462. The third-order valence-electron chi connectivity index (χ3n) is 3.45. The lowest BCUT2D eigenvalue weighted by atomic mass is 9.84. The Morgan fingerprint density at radius 3 is 2.59 bits per heavy atom. The van der Waals surface area contributed by atoms with E-state index in [4.69, 9.17) is 11.6 Å². The van der Waals surface area contributed by atoms with Gasteiger partial charge in [-0.05, 0) is 30.9 Å². The summed E-state index contributed by atoms with van der Waals surface area (Å²) >= 11 is 5.94. The topological polar surface area (TPSA) is 37.3 Å². The summed E-state index contributed by atoms with van der Waals surface area (Å²) in [6, 6.07) is 4.31. The summed E-state index contributed by atoms with van der Waals surface area (Å²) in [5, 5.41) is 9.52. The summed E-state index contributed by atoms with van der Waals surface area (Å²) in [5.41, 5.74) is 0.147. The molecule has 1 aromatic carbocycles. The summed E-state index contributed by atoms with van der Waals surface area (Å²) in [5.74, 6) is -2.31. The average molecular weight is 257 g/mol. The molecule has 1 aliphatic carbocycles. The maximum absolute atomic E-state index is 13.8. The second-order valence-electron chi connectivity index (χ2n) is 4.50. The molecule has 0 aliphatic heterocycles. The first-order valence-electron chi connectivity index (χ1n) is 5.78. The zero-order chi connectivity index (χ0) is 12.4. The van der Waals surface area contributed by atoms with Crippen molar-refractivity contribution in [1.29, 1.82) is 0 Å². The highest BCUT2D eigenvalue weighted by atomic mass is 35.5. The van der Waals surface area contributed by atoms with Crippen molar-refractivity contribution in [2.45, 2.75) is 31.6 Å². The van der Waals surface area contributed by atoms with E-state index in [1.165, 1.54) is 12.1 Å². The van der Waals surface area contributed by atoms with E-state index in [0.29, 0.717) is 0 Å². The van der Waals surface area contributed by atoms with Gasteiger partial charge in [0.05, 0.1) is 5.92 Å². The Kier molecular flexibility index (Phi) is 3.67. The van der Waals surface area contributed by atoms with Crippen molar-refractivity contribution in [2.75, 3.05) is 0 Å². The van der Waals surface area contributed by atoms with Crippen LogP contribution in [0.1, 0.15) is 37.2 Å². The van der Waals surface area contributed by atoms with E-state index in [-0.39, 0.29) is 16.5 Å². The van der Waals surface area contributed by atoms with Crippen LogP contribution < -0.4 is 0 Å².